The van der Waals surface area contributed by atoms with E-state index in [2.05, 4.69) is 6.07 Å². The van der Waals surface area contributed by atoms with Gasteiger partial charge in [0.15, 0.2) is 0 Å². The fourth-order valence-corrected chi connectivity index (χ4v) is 1.61. The topological polar surface area (TPSA) is 67.8 Å². The fourth-order valence-electron chi connectivity index (χ4n) is 1.61. The van der Waals surface area contributed by atoms with Crippen LogP contribution in [0.3, 0.4) is 0 Å². The molecule has 0 amide bonds. The molecule has 0 saturated heterocycles. The van der Waals surface area contributed by atoms with Crippen molar-refractivity contribution < 1.29 is 5.11 Å². The Morgan fingerprint density at radius 2 is 1.53 bits per heavy atom. The van der Waals surface area contributed by atoms with Crippen molar-refractivity contribution in [2.75, 3.05) is 0 Å². The molecule has 2 aromatic rings. The van der Waals surface area contributed by atoms with Crippen LogP contribution in [0, 0.1) is 22.7 Å². The maximum absolute atomic E-state index is 9.50. The van der Waals surface area contributed by atoms with E-state index in [1.165, 1.54) is 6.07 Å². The van der Waals surface area contributed by atoms with Gasteiger partial charge in [0.1, 0.15) is 5.75 Å². The third kappa shape index (κ3) is 2.25. The van der Waals surface area contributed by atoms with Crippen molar-refractivity contribution in [3.8, 4) is 29.0 Å². The zero-order valence-corrected chi connectivity index (χ0v) is 8.88. The van der Waals surface area contributed by atoms with Gasteiger partial charge in [-0.3, -0.25) is 0 Å². The molecule has 0 radical (unpaired) electrons. The maximum atomic E-state index is 9.50. The molecule has 0 atom stereocenters. The number of phenols is 1. The first-order chi connectivity index (χ1) is 8.22. The molecule has 0 aromatic heterocycles. The number of nitriles is 2. The molecule has 0 spiro atoms. The van der Waals surface area contributed by atoms with Gasteiger partial charge in [-0.2, -0.15) is 10.5 Å². The lowest BCUT2D eigenvalue weighted by Crippen LogP contribution is -1.82. The van der Waals surface area contributed by atoms with E-state index < -0.39 is 0 Å². The van der Waals surface area contributed by atoms with Crippen LogP contribution in [-0.2, 0) is 0 Å². The Balaban J connectivity index is 2.57. The highest BCUT2D eigenvalue weighted by Gasteiger charge is 2.03. The molecule has 0 aliphatic rings. The zero-order chi connectivity index (χ0) is 12.3. The van der Waals surface area contributed by atoms with E-state index in [-0.39, 0.29) is 5.75 Å². The Morgan fingerprint density at radius 3 is 2.24 bits per heavy atom. The minimum atomic E-state index is 0.0430. The SMILES string of the molecule is N#Cc1cccc(-c2cc(O)cc(C#N)c2)c1. The van der Waals surface area contributed by atoms with Gasteiger partial charge >= 0.3 is 0 Å². The number of benzene rings is 2. The Kier molecular flexibility index (Phi) is 2.77. The molecule has 3 nitrogen and oxygen atoms in total. The molecule has 2 aromatic carbocycles. The fraction of sp³-hybridized carbons (Fsp3) is 0. The number of hydrogen-bond acceptors (Lipinski definition) is 3. The van der Waals surface area contributed by atoms with Crippen molar-refractivity contribution in [1.82, 2.24) is 0 Å². The van der Waals surface area contributed by atoms with Gasteiger partial charge in [0.25, 0.3) is 0 Å². The van der Waals surface area contributed by atoms with Crippen LogP contribution >= 0.6 is 0 Å². The smallest absolute Gasteiger partial charge is 0.117 e. The maximum Gasteiger partial charge on any atom is 0.117 e. The summed E-state index contributed by atoms with van der Waals surface area (Å²) in [4.78, 5) is 0. The van der Waals surface area contributed by atoms with Crippen LogP contribution < -0.4 is 0 Å². The first-order valence-corrected chi connectivity index (χ1v) is 4.97. The van der Waals surface area contributed by atoms with Crippen LogP contribution in [0.25, 0.3) is 11.1 Å². The summed E-state index contributed by atoms with van der Waals surface area (Å²) in [5.41, 5.74) is 2.46. The lowest BCUT2D eigenvalue weighted by Gasteiger charge is -2.03. The highest BCUT2D eigenvalue weighted by molar-refractivity contribution is 5.68. The first-order valence-electron chi connectivity index (χ1n) is 4.97. The van der Waals surface area contributed by atoms with E-state index in [0.717, 1.165) is 11.1 Å². The van der Waals surface area contributed by atoms with E-state index in [9.17, 15) is 5.11 Å². The van der Waals surface area contributed by atoms with Crippen LogP contribution in [0.1, 0.15) is 11.1 Å². The third-order valence-electron chi connectivity index (χ3n) is 2.37. The molecule has 0 bridgehead atoms. The van der Waals surface area contributed by atoms with Crippen LogP contribution in [0.5, 0.6) is 5.75 Å². The molecule has 1 N–H and O–H groups in total. The van der Waals surface area contributed by atoms with E-state index in [1.54, 1.807) is 30.3 Å². The van der Waals surface area contributed by atoms with Gasteiger partial charge in [-0.05, 0) is 41.5 Å². The van der Waals surface area contributed by atoms with Crippen LogP contribution in [0.2, 0.25) is 0 Å². The van der Waals surface area contributed by atoms with Crippen molar-refractivity contribution in [1.29, 1.82) is 10.5 Å². The predicted molar refractivity (Wildman–Crippen MR) is 63.0 cm³/mol. The number of rotatable bonds is 1. The van der Waals surface area contributed by atoms with E-state index in [1.807, 2.05) is 12.1 Å². The summed E-state index contributed by atoms with van der Waals surface area (Å²) in [6.45, 7) is 0. The number of nitrogens with zero attached hydrogens (tertiary/aromatic N) is 2. The second kappa shape index (κ2) is 4.38. The van der Waals surface area contributed by atoms with Crippen molar-refractivity contribution in [2.45, 2.75) is 0 Å². The van der Waals surface area contributed by atoms with Crippen molar-refractivity contribution in [3.63, 3.8) is 0 Å². The van der Waals surface area contributed by atoms with Gasteiger partial charge < -0.3 is 5.11 Å². The van der Waals surface area contributed by atoms with Crippen molar-refractivity contribution in [2.24, 2.45) is 0 Å². The van der Waals surface area contributed by atoms with Crippen molar-refractivity contribution in [3.05, 3.63) is 53.6 Å². The van der Waals surface area contributed by atoms with Gasteiger partial charge in [-0.25, -0.2) is 0 Å². The minimum absolute atomic E-state index is 0.0430. The van der Waals surface area contributed by atoms with Gasteiger partial charge in [-0.1, -0.05) is 12.1 Å². The highest BCUT2D eigenvalue weighted by atomic mass is 16.3. The molecule has 3 heteroatoms. The molecular weight excluding hydrogens is 212 g/mol. The average molecular weight is 220 g/mol. The lowest BCUT2D eigenvalue weighted by atomic mass is 10.0. The molecule has 0 aliphatic heterocycles. The van der Waals surface area contributed by atoms with Crippen LogP contribution in [0.4, 0.5) is 0 Å². The highest BCUT2D eigenvalue weighted by Crippen LogP contribution is 2.25. The second-order valence-corrected chi connectivity index (χ2v) is 3.57. The average Bonchev–Trinajstić information content (AvgIpc) is 2.38. The molecule has 17 heavy (non-hydrogen) atoms. The molecule has 0 unspecified atom stereocenters. The zero-order valence-electron chi connectivity index (χ0n) is 8.88. The summed E-state index contributed by atoms with van der Waals surface area (Å²) >= 11 is 0. The normalized spacial score (nSPS) is 9.29. The lowest BCUT2D eigenvalue weighted by molar-refractivity contribution is 0.475. The molecular formula is C14H8N2O. The second-order valence-electron chi connectivity index (χ2n) is 3.57. The van der Waals surface area contributed by atoms with Gasteiger partial charge in [0.05, 0.1) is 23.3 Å². The molecule has 0 fully saturated rings. The van der Waals surface area contributed by atoms with E-state index >= 15 is 0 Å². The summed E-state index contributed by atoms with van der Waals surface area (Å²) in [5, 5.41) is 27.1. The number of phenolic OH excluding ortho intramolecular Hbond substituents is 1. The van der Waals surface area contributed by atoms with Crippen molar-refractivity contribution >= 4 is 0 Å². The van der Waals surface area contributed by atoms with E-state index in [4.69, 9.17) is 10.5 Å². The Hall–Kier alpha value is -2.78. The predicted octanol–water partition coefficient (Wildman–Crippen LogP) is 2.80. The number of hydrogen-bond donors (Lipinski definition) is 1. The summed E-state index contributed by atoms with van der Waals surface area (Å²) < 4.78 is 0. The molecule has 0 heterocycles. The minimum Gasteiger partial charge on any atom is -0.508 e. The van der Waals surface area contributed by atoms with Crippen LogP contribution in [-0.4, -0.2) is 5.11 Å². The largest absolute Gasteiger partial charge is 0.508 e. The summed E-state index contributed by atoms with van der Waals surface area (Å²) in [5.74, 6) is 0.0430. The third-order valence-corrected chi connectivity index (χ3v) is 2.37. The molecule has 0 saturated carbocycles. The first kappa shape index (κ1) is 10.7. The quantitative estimate of drug-likeness (QED) is 0.803. The van der Waals surface area contributed by atoms with Gasteiger partial charge in [-0.15, -0.1) is 0 Å². The Bertz CT molecular complexity index is 648. The molecule has 0 aliphatic carbocycles. The summed E-state index contributed by atoms with van der Waals surface area (Å²) in [7, 11) is 0. The standard InChI is InChI=1S/C14H8N2O/c15-8-10-2-1-3-12(4-10)13-5-11(9-16)6-14(17)7-13/h1-7,17H. The summed E-state index contributed by atoms with van der Waals surface area (Å²) in [6, 6.07) is 15.7. The van der Waals surface area contributed by atoms with E-state index in [0.29, 0.717) is 11.1 Å². The summed E-state index contributed by atoms with van der Waals surface area (Å²) in [6.07, 6.45) is 0. The number of aromatic hydroxyl groups is 1. The van der Waals surface area contributed by atoms with Gasteiger partial charge in [0.2, 0.25) is 0 Å². The van der Waals surface area contributed by atoms with Crippen LogP contribution in [0.15, 0.2) is 42.5 Å². The molecule has 80 valence electrons. The van der Waals surface area contributed by atoms with Gasteiger partial charge in [0, 0.05) is 0 Å². The molecule has 2 rings (SSSR count). The Morgan fingerprint density at radius 1 is 0.824 bits per heavy atom. The monoisotopic (exact) mass is 220 g/mol. The Labute approximate surface area is 98.8 Å².